The van der Waals surface area contributed by atoms with Crippen LogP contribution in [0.3, 0.4) is 0 Å². The van der Waals surface area contributed by atoms with Gasteiger partial charge in [0.1, 0.15) is 0 Å². The fourth-order valence-corrected chi connectivity index (χ4v) is 4.97. The number of nitrogens with one attached hydrogen (secondary N) is 1. The van der Waals surface area contributed by atoms with Gasteiger partial charge in [0.25, 0.3) is 5.78 Å². The topological polar surface area (TPSA) is 105 Å². The minimum absolute atomic E-state index is 0.00909. The minimum atomic E-state index is -4.69. The Kier molecular flexibility index (Phi) is 8.31. The number of hydrogen-bond acceptors (Lipinski definition) is 7. The van der Waals surface area contributed by atoms with Crippen LogP contribution < -0.4 is 5.32 Å². The van der Waals surface area contributed by atoms with Crippen LogP contribution in [0.5, 0.6) is 0 Å². The minimum Gasteiger partial charge on any atom is -0.375 e. The lowest BCUT2D eigenvalue weighted by atomic mass is 9.94. The molecule has 1 fully saturated rings. The number of halogens is 4. The van der Waals surface area contributed by atoms with Crippen molar-refractivity contribution in [1.82, 2.24) is 29.4 Å². The summed E-state index contributed by atoms with van der Waals surface area (Å²) in [5.74, 6) is -1.01. The predicted octanol–water partition coefficient (Wildman–Crippen LogP) is 4.55. The zero-order valence-electron chi connectivity index (χ0n) is 21.9. The van der Waals surface area contributed by atoms with E-state index in [2.05, 4.69) is 20.4 Å². The normalized spacial score (nSPS) is 16.3. The van der Waals surface area contributed by atoms with Crippen molar-refractivity contribution < 1.29 is 27.5 Å². The van der Waals surface area contributed by atoms with Crippen LogP contribution in [0.15, 0.2) is 30.5 Å². The molecule has 2 atom stereocenters. The highest BCUT2D eigenvalue weighted by Gasteiger charge is 2.46. The molecule has 10 nitrogen and oxygen atoms in total. The Morgan fingerprint density at radius 3 is 2.41 bits per heavy atom. The highest BCUT2D eigenvalue weighted by molar-refractivity contribution is 6.28. The summed E-state index contributed by atoms with van der Waals surface area (Å²) in [6.45, 7) is 3.93. The molecular formula is C25H29ClF3N7O3. The molecule has 14 heteroatoms. The molecule has 4 rings (SSSR count). The van der Waals surface area contributed by atoms with Gasteiger partial charge in [-0.25, -0.2) is 4.98 Å². The van der Waals surface area contributed by atoms with Gasteiger partial charge in [0.2, 0.25) is 17.1 Å². The van der Waals surface area contributed by atoms with E-state index < -0.39 is 30.1 Å². The predicted molar refractivity (Wildman–Crippen MR) is 137 cm³/mol. The van der Waals surface area contributed by atoms with Crippen LogP contribution in [0.4, 0.5) is 24.5 Å². The Labute approximate surface area is 228 Å². The van der Waals surface area contributed by atoms with Crippen molar-refractivity contribution in [3.05, 3.63) is 47.0 Å². The summed E-state index contributed by atoms with van der Waals surface area (Å²) >= 11 is 5.94. The first-order valence-corrected chi connectivity index (χ1v) is 12.7. The van der Waals surface area contributed by atoms with E-state index in [1.807, 2.05) is 0 Å². The molecule has 1 saturated heterocycles. The monoisotopic (exact) mass is 567 g/mol. The van der Waals surface area contributed by atoms with Gasteiger partial charge in [-0.2, -0.15) is 22.7 Å². The second kappa shape index (κ2) is 11.3. The first-order valence-electron chi connectivity index (χ1n) is 12.3. The second-order valence-corrected chi connectivity index (χ2v) is 9.79. The molecule has 0 spiro atoms. The standard InChI is InChI=1S/C25H29ClF3N7O3/c1-14(39-4)20-19(13-30-24-32-23(26)33-36(20)24)31-18-7-5-16(6-8-18)21(25(27,28)29)34(3)22(38)17-9-11-35(12-10-17)15(2)37/h5-8,13-14,17,21,31H,9-12H2,1-4H3/t14-,21-/m0/s1. The number of methoxy groups -OCH3 is 1. The van der Waals surface area contributed by atoms with Crippen LogP contribution in [0, 0.1) is 5.92 Å². The molecule has 0 aliphatic carbocycles. The smallest absolute Gasteiger partial charge is 0.375 e. The molecule has 2 amide bonds. The number of hydrogen-bond donors (Lipinski definition) is 1. The lowest BCUT2D eigenvalue weighted by Crippen LogP contribution is -2.46. The molecule has 3 aromatic rings. The third kappa shape index (κ3) is 6.09. The summed E-state index contributed by atoms with van der Waals surface area (Å²) in [4.78, 5) is 35.2. The summed E-state index contributed by atoms with van der Waals surface area (Å²) in [6, 6.07) is 3.54. The molecule has 0 unspecified atom stereocenters. The largest absolute Gasteiger partial charge is 0.413 e. The van der Waals surface area contributed by atoms with Crippen LogP contribution in [0.1, 0.15) is 50.1 Å². The first-order chi connectivity index (χ1) is 18.4. The highest BCUT2D eigenvalue weighted by atomic mass is 35.5. The third-order valence-corrected chi connectivity index (χ3v) is 7.12. The van der Waals surface area contributed by atoms with Gasteiger partial charge in [-0.05, 0) is 49.1 Å². The summed E-state index contributed by atoms with van der Waals surface area (Å²) in [5, 5.41) is 7.29. The van der Waals surface area contributed by atoms with Crippen molar-refractivity contribution in [2.45, 2.75) is 45.0 Å². The van der Waals surface area contributed by atoms with Crippen molar-refractivity contribution in [2.75, 3.05) is 32.6 Å². The maximum Gasteiger partial charge on any atom is 0.413 e. The van der Waals surface area contributed by atoms with E-state index in [4.69, 9.17) is 16.3 Å². The van der Waals surface area contributed by atoms with Gasteiger partial charge in [-0.15, -0.1) is 5.10 Å². The van der Waals surface area contributed by atoms with Crippen LogP contribution >= 0.6 is 11.6 Å². The van der Waals surface area contributed by atoms with Gasteiger partial charge in [-0.1, -0.05) is 12.1 Å². The van der Waals surface area contributed by atoms with Gasteiger partial charge in [0, 0.05) is 45.8 Å². The lowest BCUT2D eigenvalue weighted by molar-refractivity contribution is -0.191. The molecule has 1 aliphatic rings. The van der Waals surface area contributed by atoms with Gasteiger partial charge in [0.05, 0.1) is 23.7 Å². The summed E-state index contributed by atoms with van der Waals surface area (Å²) in [6.07, 6.45) is -2.96. The number of likely N-dealkylation sites (tertiary alicyclic amines) is 1. The van der Waals surface area contributed by atoms with E-state index in [0.717, 1.165) is 4.90 Å². The molecular weight excluding hydrogens is 539 g/mol. The Morgan fingerprint density at radius 1 is 1.21 bits per heavy atom. The Hall–Kier alpha value is -3.45. The van der Waals surface area contributed by atoms with Crippen molar-refractivity contribution in [2.24, 2.45) is 5.92 Å². The molecule has 0 bridgehead atoms. The maximum absolute atomic E-state index is 14.2. The summed E-state index contributed by atoms with van der Waals surface area (Å²) < 4.78 is 49.6. The SMILES string of the molecule is CO[C@@H](C)c1c(Nc2ccc([C@H](N(C)C(=O)C3CCN(C(C)=O)CC3)C(F)(F)F)cc2)cnc2nc(Cl)nn12. The van der Waals surface area contributed by atoms with E-state index >= 15 is 0 Å². The van der Waals surface area contributed by atoms with Gasteiger partial charge < -0.3 is 19.9 Å². The van der Waals surface area contributed by atoms with Gasteiger partial charge in [-0.3, -0.25) is 9.59 Å². The molecule has 39 heavy (non-hydrogen) atoms. The Morgan fingerprint density at radius 2 is 1.85 bits per heavy atom. The number of anilines is 2. The average molecular weight is 568 g/mol. The number of alkyl halides is 3. The zero-order chi connectivity index (χ0) is 28.5. The van der Waals surface area contributed by atoms with E-state index in [9.17, 15) is 22.8 Å². The number of aromatic nitrogens is 4. The quantitative estimate of drug-likeness (QED) is 0.446. The Balaban J connectivity index is 1.56. The van der Waals surface area contributed by atoms with Crippen molar-refractivity contribution in [1.29, 1.82) is 0 Å². The number of piperidine rings is 1. The second-order valence-electron chi connectivity index (χ2n) is 9.45. The fraction of sp³-hybridized carbons (Fsp3) is 0.480. The lowest BCUT2D eigenvalue weighted by Gasteiger charge is -2.36. The van der Waals surface area contributed by atoms with E-state index in [1.54, 1.807) is 11.8 Å². The van der Waals surface area contributed by atoms with Crippen molar-refractivity contribution in [3.8, 4) is 0 Å². The van der Waals surface area contributed by atoms with E-state index in [0.29, 0.717) is 43.0 Å². The van der Waals surface area contributed by atoms with Gasteiger partial charge >= 0.3 is 6.18 Å². The zero-order valence-corrected chi connectivity index (χ0v) is 22.6. The van der Waals surface area contributed by atoms with Crippen LogP contribution in [0.2, 0.25) is 5.28 Å². The summed E-state index contributed by atoms with van der Waals surface area (Å²) in [7, 11) is 2.70. The number of ether oxygens (including phenoxy) is 1. The molecule has 210 valence electrons. The first kappa shape index (κ1) is 28.6. The van der Waals surface area contributed by atoms with E-state index in [1.165, 1.54) is 56.1 Å². The third-order valence-electron chi connectivity index (χ3n) is 6.96. The summed E-state index contributed by atoms with van der Waals surface area (Å²) in [5.41, 5.74) is 1.48. The molecule has 0 radical (unpaired) electrons. The number of carbonyl (C=O) groups excluding carboxylic acids is 2. The molecule has 2 aromatic heterocycles. The number of fused-ring (bicyclic) bond motifs is 1. The molecule has 3 heterocycles. The maximum atomic E-state index is 14.2. The molecule has 1 aliphatic heterocycles. The number of nitrogens with zero attached hydrogens (tertiary/aromatic N) is 6. The fourth-order valence-electron chi connectivity index (χ4n) is 4.82. The average Bonchev–Trinajstić information content (AvgIpc) is 3.28. The van der Waals surface area contributed by atoms with Crippen molar-refractivity contribution in [3.63, 3.8) is 0 Å². The van der Waals surface area contributed by atoms with Crippen LogP contribution in [-0.4, -0.2) is 74.6 Å². The number of carbonyl (C=O) groups is 2. The Bertz CT molecular complexity index is 1340. The molecule has 0 saturated carbocycles. The van der Waals surface area contributed by atoms with Crippen LogP contribution in [0.25, 0.3) is 5.78 Å². The van der Waals surface area contributed by atoms with Crippen LogP contribution in [-0.2, 0) is 14.3 Å². The van der Waals surface area contributed by atoms with E-state index in [-0.39, 0.29) is 22.5 Å². The van der Waals surface area contributed by atoms with Crippen molar-refractivity contribution >= 4 is 40.6 Å². The number of benzene rings is 1. The highest BCUT2D eigenvalue weighted by Crippen LogP contribution is 2.39. The molecule has 1 N–H and O–H groups in total. The number of amides is 2. The number of rotatable bonds is 7. The van der Waals surface area contributed by atoms with Gasteiger partial charge in [0.15, 0.2) is 6.04 Å². The molecule has 1 aromatic carbocycles.